The molecule has 0 radical (unpaired) electrons. The molecule has 2 rings (SSSR count). The monoisotopic (exact) mass is 392 g/mol. The minimum absolute atomic E-state index is 0.446. The molecular weight excluding hydrogens is 360 g/mol. The van der Waals surface area contributed by atoms with Crippen molar-refractivity contribution in [1.29, 1.82) is 0 Å². The van der Waals surface area contributed by atoms with E-state index in [0.29, 0.717) is 6.61 Å². The first-order valence-corrected chi connectivity index (χ1v) is 9.85. The Morgan fingerprint density at radius 1 is 1.14 bits per heavy atom. The number of aliphatic imine (C=N–C) groups is 1. The molecule has 0 saturated heterocycles. The van der Waals surface area contributed by atoms with Crippen molar-refractivity contribution in [2.24, 2.45) is 4.99 Å². The summed E-state index contributed by atoms with van der Waals surface area (Å²) < 4.78 is 12.1. The van der Waals surface area contributed by atoms with Crippen molar-refractivity contribution in [3.63, 3.8) is 0 Å². The highest BCUT2D eigenvalue weighted by Crippen LogP contribution is 2.34. The van der Waals surface area contributed by atoms with E-state index in [4.69, 9.17) is 9.47 Å². The molecule has 1 unspecified atom stereocenters. The molecule has 1 atom stereocenters. The minimum Gasteiger partial charge on any atom is -0.457 e. The van der Waals surface area contributed by atoms with Crippen LogP contribution in [-0.4, -0.2) is 31.4 Å². The van der Waals surface area contributed by atoms with Gasteiger partial charge in [-0.15, -0.1) is 6.58 Å². The van der Waals surface area contributed by atoms with Gasteiger partial charge in [0.2, 0.25) is 0 Å². The lowest BCUT2D eigenvalue weighted by molar-refractivity contribution is 0.0207. The van der Waals surface area contributed by atoms with Crippen LogP contribution >= 0.6 is 0 Å². The molecule has 0 aromatic heterocycles. The van der Waals surface area contributed by atoms with Crippen LogP contribution in [0.1, 0.15) is 30.5 Å². The number of aryl methyl sites for hydroxylation is 2. The van der Waals surface area contributed by atoms with Crippen LogP contribution in [0.2, 0.25) is 0 Å². The fraction of sp³-hybridized carbons (Fsp3) is 0.320. The van der Waals surface area contributed by atoms with Crippen LogP contribution in [0.15, 0.2) is 66.7 Å². The molecule has 0 fully saturated rings. The molecular formula is C25H32N2O2. The maximum absolute atomic E-state index is 6.20. The maximum atomic E-state index is 6.20. The van der Waals surface area contributed by atoms with Gasteiger partial charge in [-0.05, 0) is 68.7 Å². The van der Waals surface area contributed by atoms with E-state index in [1.807, 2.05) is 69.4 Å². The van der Waals surface area contributed by atoms with Gasteiger partial charge in [0.25, 0.3) is 0 Å². The lowest BCUT2D eigenvalue weighted by atomic mass is 9.95. The van der Waals surface area contributed by atoms with Crippen LogP contribution in [0.25, 0.3) is 0 Å². The Labute approximate surface area is 175 Å². The lowest BCUT2D eigenvalue weighted by Crippen LogP contribution is -2.23. The number of nitrogens with zero attached hydrogens (tertiary/aromatic N) is 2. The van der Waals surface area contributed by atoms with Gasteiger partial charge in [0, 0.05) is 13.6 Å². The van der Waals surface area contributed by atoms with E-state index in [1.165, 1.54) is 0 Å². The van der Waals surface area contributed by atoms with Gasteiger partial charge in [-0.1, -0.05) is 30.9 Å². The summed E-state index contributed by atoms with van der Waals surface area (Å²) in [5.74, 6) is 1.57. The molecule has 0 bridgehead atoms. The Morgan fingerprint density at radius 2 is 1.90 bits per heavy atom. The zero-order chi connectivity index (χ0) is 21.4. The SMILES string of the molecule is C=CCOC(C)(C=C)c1cccc(Oc2cc(C)c(N=CN(C)CC)cc2C)c1. The molecule has 0 aliphatic rings. The third-order valence-electron chi connectivity index (χ3n) is 4.91. The molecule has 0 spiro atoms. The van der Waals surface area contributed by atoms with Crippen molar-refractivity contribution in [3.05, 3.63) is 78.4 Å². The van der Waals surface area contributed by atoms with Crippen molar-refractivity contribution in [2.75, 3.05) is 20.2 Å². The fourth-order valence-corrected chi connectivity index (χ4v) is 2.75. The topological polar surface area (TPSA) is 34.1 Å². The van der Waals surface area contributed by atoms with Crippen molar-refractivity contribution in [2.45, 2.75) is 33.3 Å². The van der Waals surface area contributed by atoms with Gasteiger partial charge < -0.3 is 14.4 Å². The molecule has 4 heteroatoms. The van der Waals surface area contributed by atoms with Crippen LogP contribution < -0.4 is 4.74 Å². The Bertz CT molecular complexity index is 888. The van der Waals surface area contributed by atoms with Gasteiger partial charge in [-0.3, -0.25) is 0 Å². The highest BCUT2D eigenvalue weighted by Gasteiger charge is 2.23. The Morgan fingerprint density at radius 3 is 2.55 bits per heavy atom. The maximum Gasteiger partial charge on any atom is 0.130 e. The number of benzene rings is 2. The summed E-state index contributed by atoms with van der Waals surface area (Å²) in [7, 11) is 2.01. The number of hydrogen-bond donors (Lipinski definition) is 0. The second-order valence-corrected chi connectivity index (χ2v) is 7.26. The standard InChI is InChI=1S/C25H32N2O2/c1-8-14-28-25(6,9-2)21-12-11-13-22(17-21)29-24-16-19(4)23(15-20(24)5)26-18-27(7)10-3/h8-9,11-13,15-18H,1-2,10,14H2,3-7H3. The van der Waals surface area contributed by atoms with Gasteiger partial charge in [0.15, 0.2) is 0 Å². The average Bonchev–Trinajstić information content (AvgIpc) is 2.73. The second kappa shape index (κ2) is 10.1. The average molecular weight is 393 g/mol. The van der Waals surface area contributed by atoms with Gasteiger partial charge in [0.05, 0.1) is 18.6 Å². The highest BCUT2D eigenvalue weighted by molar-refractivity contribution is 5.64. The van der Waals surface area contributed by atoms with Crippen LogP contribution in [0.5, 0.6) is 11.5 Å². The van der Waals surface area contributed by atoms with Gasteiger partial charge in [-0.2, -0.15) is 0 Å². The smallest absolute Gasteiger partial charge is 0.130 e. The van der Waals surface area contributed by atoms with Gasteiger partial charge >= 0.3 is 0 Å². The largest absolute Gasteiger partial charge is 0.457 e. The zero-order valence-electron chi connectivity index (χ0n) is 18.2. The predicted molar refractivity (Wildman–Crippen MR) is 123 cm³/mol. The zero-order valence-corrected chi connectivity index (χ0v) is 18.2. The molecule has 2 aromatic carbocycles. The minimum atomic E-state index is -0.609. The number of hydrogen-bond acceptors (Lipinski definition) is 3. The van der Waals surface area contributed by atoms with E-state index in [-0.39, 0.29) is 0 Å². The molecule has 0 saturated carbocycles. The molecule has 0 aliphatic heterocycles. The molecule has 4 nitrogen and oxygen atoms in total. The normalized spacial score (nSPS) is 13.1. The summed E-state index contributed by atoms with van der Waals surface area (Å²) >= 11 is 0. The first-order valence-electron chi connectivity index (χ1n) is 9.85. The van der Waals surface area contributed by atoms with Crippen LogP contribution in [0.4, 0.5) is 5.69 Å². The number of rotatable bonds is 10. The molecule has 0 amide bonds. The lowest BCUT2D eigenvalue weighted by Gasteiger charge is -2.26. The molecule has 0 heterocycles. The molecule has 29 heavy (non-hydrogen) atoms. The third kappa shape index (κ3) is 5.81. The predicted octanol–water partition coefficient (Wildman–Crippen LogP) is 6.31. The van der Waals surface area contributed by atoms with E-state index >= 15 is 0 Å². The van der Waals surface area contributed by atoms with Crippen molar-refractivity contribution < 1.29 is 9.47 Å². The molecule has 0 aliphatic carbocycles. The quantitative estimate of drug-likeness (QED) is 0.270. The number of ether oxygens (including phenoxy) is 2. The Balaban J connectivity index is 2.28. The van der Waals surface area contributed by atoms with Gasteiger partial charge in [-0.25, -0.2) is 4.99 Å². The summed E-state index contributed by atoms with van der Waals surface area (Å²) in [6.45, 7) is 17.2. The first kappa shape index (κ1) is 22.4. The summed E-state index contributed by atoms with van der Waals surface area (Å²) in [6, 6.07) is 12.0. The Hall–Kier alpha value is -2.85. The van der Waals surface area contributed by atoms with Crippen molar-refractivity contribution >= 4 is 12.0 Å². The van der Waals surface area contributed by atoms with E-state index in [0.717, 1.165) is 40.4 Å². The molecule has 154 valence electrons. The van der Waals surface area contributed by atoms with Crippen LogP contribution in [0, 0.1) is 13.8 Å². The second-order valence-electron chi connectivity index (χ2n) is 7.26. The van der Waals surface area contributed by atoms with E-state index in [2.05, 4.69) is 31.1 Å². The van der Waals surface area contributed by atoms with Crippen LogP contribution in [-0.2, 0) is 10.3 Å². The third-order valence-corrected chi connectivity index (χ3v) is 4.91. The van der Waals surface area contributed by atoms with E-state index < -0.39 is 5.60 Å². The molecule has 2 aromatic rings. The van der Waals surface area contributed by atoms with Gasteiger partial charge in [0.1, 0.15) is 17.1 Å². The fourth-order valence-electron chi connectivity index (χ4n) is 2.75. The first-order chi connectivity index (χ1) is 13.8. The Kier molecular flexibility index (Phi) is 7.80. The summed E-state index contributed by atoms with van der Waals surface area (Å²) in [4.78, 5) is 6.62. The van der Waals surface area contributed by atoms with E-state index in [9.17, 15) is 0 Å². The van der Waals surface area contributed by atoms with Crippen molar-refractivity contribution in [3.8, 4) is 11.5 Å². The summed E-state index contributed by atoms with van der Waals surface area (Å²) in [5, 5.41) is 0. The van der Waals surface area contributed by atoms with Crippen molar-refractivity contribution in [1.82, 2.24) is 4.90 Å². The van der Waals surface area contributed by atoms with E-state index in [1.54, 1.807) is 12.2 Å². The summed E-state index contributed by atoms with van der Waals surface area (Å²) in [5.41, 5.74) is 3.41. The molecule has 0 N–H and O–H groups in total. The highest BCUT2D eigenvalue weighted by atomic mass is 16.5. The van der Waals surface area contributed by atoms with Crippen LogP contribution in [0.3, 0.4) is 0 Å². The summed E-state index contributed by atoms with van der Waals surface area (Å²) in [6.07, 6.45) is 5.38.